The molecule has 0 aliphatic rings. The molecule has 29 heavy (non-hydrogen) atoms. The molecule has 0 heterocycles. The third-order valence-electron chi connectivity index (χ3n) is 4.97. The maximum Gasteiger partial charge on any atom is 0.172 e. The van der Waals surface area contributed by atoms with E-state index in [9.17, 15) is 9.90 Å². The fraction of sp³-hybridized carbons (Fsp3) is 0.696. The molecule has 168 valence electrons. The van der Waals surface area contributed by atoms with Crippen LogP contribution >= 0.6 is 22.3 Å². The van der Waals surface area contributed by atoms with Gasteiger partial charge in [-0.2, -0.15) is 3.89 Å². The zero-order valence-corrected chi connectivity index (χ0v) is 20.5. The molecule has 0 bridgehead atoms. The van der Waals surface area contributed by atoms with Crippen LogP contribution in [0.3, 0.4) is 0 Å². The first-order chi connectivity index (χ1) is 13.3. The summed E-state index contributed by atoms with van der Waals surface area (Å²) in [6, 6.07) is 6.80. The van der Waals surface area contributed by atoms with Crippen LogP contribution in [0.2, 0.25) is 0 Å². The van der Waals surface area contributed by atoms with E-state index >= 15 is 3.89 Å². The van der Waals surface area contributed by atoms with E-state index in [2.05, 4.69) is 0 Å². The van der Waals surface area contributed by atoms with Crippen LogP contribution in [-0.4, -0.2) is 32.4 Å². The van der Waals surface area contributed by atoms with Crippen LogP contribution in [0, 0.1) is 5.92 Å². The van der Waals surface area contributed by atoms with Crippen molar-refractivity contribution in [2.24, 2.45) is 5.92 Å². The molecule has 0 amide bonds. The Balaban J connectivity index is 3.37. The minimum absolute atomic E-state index is 0.212. The molecule has 0 aliphatic heterocycles. The van der Waals surface area contributed by atoms with Gasteiger partial charge in [-0.1, -0.05) is 25.5 Å². The number of hydrogen-bond donors (Lipinski definition) is 1. The Bertz CT molecular complexity index is 653. The first-order valence-electron chi connectivity index (χ1n) is 10.4. The van der Waals surface area contributed by atoms with Crippen LogP contribution in [0.5, 0.6) is 5.75 Å². The van der Waals surface area contributed by atoms with Gasteiger partial charge in [-0.05, 0) is 72.9 Å². The van der Waals surface area contributed by atoms with E-state index in [1.807, 2.05) is 48.5 Å². The van der Waals surface area contributed by atoms with Gasteiger partial charge in [0.15, 0.2) is 5.78 Å². The van der Waals surface area contributed by atoms with Crippen molar-refractivity contribution in [2.45, 2.75) is 89.7 Å². The second-order valence-corrected chi connectivity index (χ2v) is 13.4. The summed E-state index contributed by atoms with van der Waals surface area (Å²) in [6.45, 7) is 12.9. The molecule has 0 aliphatic carbocycles. The van der Waals surface area contributed by atoms with Gasteiger partial charge >= 0.3 is 0 Å². The van der Waals surface area contributed by atoms with Crippen LogP contribution < -0.4 is 4.18 Å². The van der Waals surface area contributed by atoms with Gasteiger partial charge in [-0.15, -0.1) is 11.6 Å². The Kier molecular flexibility index (Phi) is 9.50. The molecule has 0 radical (unpaired) electrons. The quantitative estimate of drug-likeness (QED) is 0.303. The third kappa shape index (κ3) is 6.35. The molecule has 3 nitrogen and oxygen atoms in total. The first-order valence-corrected chi connectivity index (χ1v) is 12.4. The number of para-hydroxylation sites is 1. The average Bonchev–Trinajstić information content (AvgIpc) is 2.60. The zero-order chi connectivity index (χ0) is 22.5. The number of carbonyl (C=O) groups is 1. The predicted molar refractivity (Wildman–Crippen MR) is 124 cm³/mol. The summed E-state index contributed by atoms with van der Waals surface area (Å²) in [6.07, 6.45) is 1.67. The van der Waals surface area contributed by atoms with Crippen LogP contribution in [0.15, 0.2) is 24.3 Å². The van der Waals surface area contributed by atoms with E-state index in [1.165, 1.54) is 0 Å². The zero-order valence-electron chi connectivity index (χ0n) is 18.9. The summed E-state index contributed by atoms with van der Waals surface area (Å²) >= 11 is 5.83. The maximum atomic E-state index is 16.3. The van der Waals surface area contributed by atoms with Crippen molar-refractivity contribution in [3.8, 4) is 5.75 Å². The van der Waals surface area contributed by atoms with Gasteiger partial charge in [0.2, 0.25) is 0 Å². The third-order valence-corrected chi connectivity index (χ3v) is 8.79. The molecule has 1 rings (SSSR count). The SMILES string of the molecule is CCCC(O)C(CCCCl)C(=O)c1ccccc1OS(F)(C(C)(C)C)C(C)(C)C. The summed E-state index contributed by atoms with van der Waals surface area (Å²) in [5, 5.41) is 10.6. The number of hydrogen-bond acceptors (Lipinski definition) is 3. The molecule has 0 saturated heterocycles. The highest BCUT2D eigenvalue weighted by Crippen LogP contribution is 2.69. The van der Waals surface area contributed by atoms with Crippen molar-refractivity contribution in [1.29, 1.82) is 0 Å². The van der Waals surface area contributed by atoms with Crippen molar-refractivity contribution < 1.29 is 18.0 Å². The van der Waals surface area contributed by atoms with E-state index in [1.54, 1.807) is 24.3 Å². The lowest BCUT2D eigenvalue weighted by Crippen LogP contribution is -2.39. The van der Waals surface area contributed by atoms with Gasteiger partial charge in [0.1, 0.15) is 5.75 Å². The van der Waals surface area contributed by atoms with Gasteiger partial charge in [-0.25, -0.2) is 0 Å². The molecular formula is C23H38ClFO3S. The number of benzene rings is 1. The van der Waals surface area contributed by atoms with Gasteiger partial charge in [-0.3, -0.25) is 4.79 Å². The highest BCUT2D eigenvalue weighted by Gasteiger charge is 2.50. The van der Waals surface area contributed by atoms with Crippen molar-refractivity contribution >= 4 is 28.1 Å². The summed E-state index contributed by atoms with van der Waals surface area (Å²) in [4.78, 5) is 13.4. The van der Waals surface area contributed by atoms with E-state index in [0.717, 1.165) is 6.42 Å². The van der Waals surface area contributed by atoms with Gasteiger partial charge < -0.3 is 9.29 Å². The Morgan fingerprint density at radius 1 is 1.14 bits per heavy atom. The molecule has 1 aromatic carbocycles. The van der Waals surface area contributed by atoms with Crippen LogP contribution in [0.1, 0.15) is 84.5 Å². The lowest BCUT2D eigenvalue weighted by Gasteiger charge is -2.50. The van der Waals surface area contributed by atoms with Crippen LogP contribution in [0.25, 0.3) is 0 Å². The standard InChI is InChI=1S/C23H38ClFO3S/c1-8-12-19(26)17(14-11-16-24)21(27)18-13-9-10-15-20(18)28-29(25,22(2,3)4)23(5,6)7/h9-10,13,15,17,19,26H,8,11-12,14,16H2,1-7H3. The predicted octanol–water partition coefficient (Wildman–Crippen LogP) is 7.25. The van der Waals surface area contributed by atoms with Crippen LogP contribution in [0.4, 0.5) is 3.89 Å². The summed E-state index contributed by atoms with van der Waals surface area (Å²) in [7, 11) is -3.09. The number of ketones is 1. The number of aliphatic hydroxyl groups is 1. The van der Waals surface area contributed by atoms with Crippen molar-refractivity contribution in [2.75, 3.05) is 5.88 Å². The van der Waals surface area contributed by atoms with Gasteiger partial charge in [0.05, 0.1) is 31.9 Å². The second-order valence-electron chi connectivity index (χ2n) is 9.45. The Labute approximate surface area is 183 Å². The molecule has 0 fully saturated rings. The minimum atomic E-state index is -3.09. The molecule has 2 unspecified atom stereocenters. The van der Waals surface area contributed by atoms with E-state index in [0.29, 0.717) is 30.7 Å². The molecule has 0 spiro atoms. The van der Waals surface area contributed by atoms with E-state index in [-0.39, 0.29) is 11.5 Å². The highest BCUT2D eigenvalue weighted by molar-refractivity contribution is 8.28. The number of aliphatic hydroxyl groups excluding tert-OH is 1. The Hall–Kier alpha value is -0.780. The number of halogens is 2. The molecule has 0 aromatic heterocycles. The fourth-order valence-electron chi connectivity index (χ4n) is 3.53. The second kappa shape index (κ2) is 10.5. The number of carbonyl (C=O) groups excluding carboxylic acids is 1. The lowest BCUT2D eigenvalue weighted by molar-refractivity contribution is 0.0626. The van der Waals surface area contributed by atoms with Crippen LogP contribution in [-0.2, 0) is 0 Å². The van der Waals surface area contributed by atoms with Gasteiger partial charge in [0.25, 0.3) is 0 Å². The highest BCUT2D eigenvalue weighted by atomic mass is 35.5. The largest absolute Gasteiger partial charge is 0.419 e. The molecule has 6 heteroatoms. The maximum absolute atomic E-state index is 16.3. The van der Waals surface area contributed by atoms with Gasteiger partial charge in [0, 0.05) is 11.8 Å². The Morgan fingerprint density at radius 2 is 1.69 bits per heavy atom. The van der Waals surface area contributed by atoms with E-state index < -0.39 is 32.2 Å². The average molecular weight is 449 g/mol. The number of Topliss-reactive ketones (excluding diaryl/α,β-unsaturated/α-hetero) is 1. The Morgan fingerprint density at radius 3 is 2.17 bits per heavy atom. The summed E-state index contributed by atoms with van der Waals surface area (Å²) in [5.41, 5.74) is 0.324. The number of alkyl halides is 1. The van der Waals surface area contributed by atoms with Crippen molar-refractivity contribution in [3.05, 3.63) is 29.8 Å². The minimum Gasteiger partial charge on any atom is -0.419 e. The molecule has 2 atom stereocenters. The van der Waals surface area contributed by atoms with E-state index in [4.69, 9.17) is 15.8 Å². The van der Waals surface area contributed by atoms with Crippen molar-refractivity contribution in [3.63, 3.8) is 0 Å². The normalized spacial score (nSPS) is 15.7. The van der Waals surface area contributed by atoms with Crippen molar-refractivity contribution in [1.82, 2.24) is 0 Å². The monoisotopic (exact) mass is 448 g/mol. The lowest BCUT2D eigenvalue weighted by atomic mass is 9.86. The molecule has 1 aromatic rings. The molecular weight excluding hydrogens is 411 g/mol. The number of rotatable bonds is 10. The fourth-order valence-corrected chi connectivity index (χ4v) is 6.41. The molecule has 0 saturated carbocycles. The topological polar surface area (TPSA) is 46.5 Å². The molecule has 1 N–H and O–H groups in total. The summed E-state index contributed by atoms with van der Waals surface area (Å²) in [5.74, 6) is -0.116. The smallest absolute Gasteiger partial charge is 0.172 e. The summed E-state index contributed by atoms with van der Waals surface area (Å²) < 4.78 is 20.9. The first kappa shape index (κ1) is 26.3.